The predicted molar refractivity (Wildman–Crippen MR) is 206 cm³/mol. The molecule has 6 atom stereocenters. The fourth-order valence-electron chi connectivity index (χ4n) is 5.37. The van der Waals surface area contributed by atoms with Gasteiger partial charge >= 0.3 is 5.97 Å². The van der Waals surface area contributed by atoms with Gasteiger partial charge in [-0.1, -0.05) is 78.3 Å². The van der Waals surface area contributed by atoms with Crippen LogP contribution in [0.3, 0.4) is 0 Å². The number of unbranched alkanes of at least 4 members (excludes halogenated alkanes) is 1. The summed E-state index contributed by atoms with van der Waals surface area (Å²) in [5, 5.41) is 31.2. The van der Waals surface area contributed by atoms with Crippen LogP contribution in [0, 0.1) is 17.8 Å². The average Bonchev–Trinajstić information content (AvgIpc) is 3.13. The number of carboxylic acid groups (broad SMARTS) is 1. The van der Waals surface area contributed by atoms with Crippen molar-refractivity contribution in [1.29, 1.82) is 0 Å². The Labute approximate surface area is 318 Å². The van der Waals surface area contributed by atoms with E-state index in [4.69, 9.17) is 5.73 Å². The molecule has 5 amide bonds. The van der Waals surface area contributed by atoms with Gasteiger partial charge in [0.05, 0.1) is 17.8 Å². The van der Waals surface area contributed by atoms with Crippen LogP contribution < -0.4 is 32.3 Å². The van der Waals surface area contributed by atoms with Gasteiger partial charge in [0.2, 0.25) is 29.5 Å². The Balaban J connectivity index is 2.13. The first kappa shape index (κ1) is 45.0. The second-order valence-electron chi connectivity index (χ2n) is 14.2. The van der Waals surface area contributed by atoms with E-state index in [-0.39, 0.29) is 24.7 Å². The lowest BCUT2D eigenvalue weighted by molar-refractivity contribution is -0.143. The molecule has 0 radical (unpaired) electrons. The first-order chi connectivity index (χ1) is 25.6. The van der Waals surface area contributed by atoms with Crippen LogP contribution >= 0.6 is 0 Å². The Morgan fingerprint density at radius 2 is 1.20 bits per heavy atom. The molecule has 296 valence electrons. The van der Waals surface area contributed by atoms with Crippen LogP contribution in [0.2, 0.25) is 0 Å². The number of aliphatic carboxylic acids is 1. The molecule has 54 heavy (non-hydrogen) atoms. The maximum absolute atomic E-state index is 13.8. The van der Waals surface area contributed by atoms with Gasteiger partial charge in [0.15, 0.2) is 0 Å². The molecule has 0 aromatic heterocycles. The maximum Gasteiger partial charge on any atom is 0.326 e. The summed E-state index contributed by atoms with van der Waals surface area (Å²) >= 11 is 0. The molecule has 2 rings (SSSR count). The van der Waals surface area contributed by atoms with Gasteiger partial charge in [-0.05, 0) is 80.3 Å². The quantitative estimate of drug-likeness (QED) is 0.0692. The van der Waals surface area contributed by atoms with Gasteiger partial charge in [-0.15, -0.1) is 0 Å². The lowest BCUT2D eigenvalue weighted by Crippen LogP contribution is -2.60. The predicted octanol–water partition coefficient (Wildman–Crippen LogP) is 3.66. The molecule has 2 aromatic carbocycles. The number of rotatable bonds is 22. The molecule has 15 nitrogen and oxygen atoms in total. The molecule has 0 saturated heterocycles. The Bertz CT molecular complexity index is 1570. The van der Waals surface area contributed by atoms with Crippen molar-refractivity contribution in [1.82, 2.24) is 26.6 Å². The van der Waals surface area contributed by atoms with Gasteiger partial charge in [0.1, 0.15) is 30.2 Å². The first-order valence-electron chi connectivity index (χ1n) is 18.6. The Morgan fingerprint density at radius 3 is 1.74 bits per heavy atom. The van der Waals surface area contributed by atoms with Gasteiger partial charge in [0.25, 0.3) is 0 Å². The number of hydrogen-bond acceptors (Lipinski definition) is 9. The van der Waals surface area contributed by atoms with Crippen molar-refractivity contribution in [2.24, 2.45) is 33.7 Å². The Morgan fingerprint density at radius 1 is 0.648 bits per heavy atom. The van der Waals surface area contributed by atoms with Crippen LogP contribution in [-0.2, 0) is 35.2 Å². The van der Waals surface area contributed by atoms with Gasteiger partial charge in [-0.3, -0.25) is 24.0 Å². The van der Waals surface area contributed by atoms with E-state index in [0.29, 0.717) is 42.7 Å². The summed E-state index contributed by atoms with van der Waals surface area (Å²) in [5.41, 5.74) is 7.73. The Hall–Kier alpha value is -5.18. The molecule has 0 aliphatic carbocycles. The van der Waals surface area contributed by atoms with Crippen molar-refractivity contribution in [2.75, 3.05) is 6.54 Å². The van der Waals surface area contributed by atoms with E-state index < -0.39 is 71.6 Å². The minimum absolute atomic E-state index is 0.00674. The van der Waals surface area contributed by atoms with E-state index in [1.807, 2.05) is 44.2 Å². The number of benzene rings is 2. The zero-order valence-electron chi connectivity index (χ0n) is 32.4. The fourth-order valence-corrected chi connectivity index (χ4v) is 5.37. The smallest absolute Gasteiger partial charge is 0.326 e. The lowest BCUT2D eigenvalue weighted by atomic mass is 9.96. The molecule has 0 bridgehead atoms. The van der Waals surface area contributed by atoms with E-state index in [1.165, 1.54) is 6.92 Å². The molecule has 2 aromatic rings. The van der Waals surface area contributed by atoms with Crippen molar-refractivity contribution < 1.29 is 33.9 Å². The molecule has 0 aliphatic rings. The highest BCUT2D eigenvalue weighted by molar-refractivity contribution is 5.96. The zero-order valence-corrected chi connectivity index (χ0v) is 32.4. The molecular formula is C39H58N8O7. The molecule has 8 N–H and O–H groups in total. The topological polar surface area (TPSA) is 234 Å². The van der Waals surface area contributed by atoms with Crippen molar-refractivity contribution in [3.63, 3.8) is 0 Å². The number of nitrogens with two attached hydrogens (primary N) is 1. The summed E-state index contributed by atoms with van der Waals surface area (Å²) in [5.74, 6) is -5.16. The van der Waals surface area contributed by atoms with Crippen LogP contribution in [0.1, 0.15) is 79.7 Å². The second kappa shape index (κ2) is 22.8. The van der Waals surface area contributed by atoms with Gasteiger partial charge < -0.3 is 37.4 Å². The molecule has 0 fully saturated rings. The van der Waals surface area contributed by atoms with Crippen LogP contribution in [0.15, 0.2) is 64.8 Å². The molecule has 0 unspecified atom stereocenters. The minimum atomic E-state index is -1.20. The largest absolute Gasteiger partial charge is 0.480 e. The maximum atomic E-state index is 13.8. The summed E-state index contributed by atoms with van der Waals surface area (Å²) in [4.78, 5) is 78.3. The van der Waals surface area contributed by atoms with E-state index >= 15 is 0 Å². The van der Waals surface area contributed by atoms with E-state index in [9.17, 15) is 33.9 Å². The van der Waals surface area contributed by atoms with Crippen LogP contribution in [0.25, 0.3) is 0 Å². The third-order valence-electron chi connectivity index (χ3n) is 8.96. The highest BCUT2D eigenvalue weighted by atomic mass is 16.4. The summed E-state index contributed by atoms with van der Waals surface area (Å²) in [6.07, 6.45) is 1.89. The molecule has 15 heteroatoms. The summed E-state index contributed by atoms with van der Waals surface area (Å²) < 4.78 is 0. The SMILES string of the molecule is CC[C@H](C)[C@H](NC(=O)Cc1ccc(N=Nc2ccccc2)cc1)C(=O)N[C@@H](CCCCN)C(=O)N[C@H](C(=O)N[C@@H](C)C(=O)N[C@H](C(=O)O)C(C)C)C(C)C. The van der Waals surface area contributed by atoms with Crippen molar-refractivity contribution in [3.05, 3.63) is 60.2 Å². The zero-order chi connectivity index (χ0) is 40.4. The fraction of sp³-hybridized carbons (Fsp3) is 0.538. The van der Waals surface area contributed by atoms with Crippen LogP contribution in [-0.4, -0.2) is 77.4 Å². The number of carboxylic acids is 1. The minimum Gasteiger partial charge on any atom is -0.480 e. The average molecular weight is 751 g/mol. The number of hydrogen-bond donors (Lipinski definition) is 7. The first-order valence-corrected chi connectivity index (χ1v) is 18.6. The van der Waals surface area contributed by atoms with Crippen molar-refractivity contribution in [3.8, 4) is 0 Å². The summed E-state index contributed by atoms with van der Waals surface area (Å²) in [7, 11) is 0. The van der Waals surface area contributed by atoms with Crippen molar-refractivity contribution >= 4 is 46.9 Å². The number of nitrogens with zero attached hydrogens (tertiary/aromatic N) is 2. The molecule has 0 spiro atoms. The third kappa shape index (κ3) is 15.0. The molecule has 0 saturated carbocycles. The van der Waals surface area contributed by atoms with Gasteiger partial charge in [-0.25, -0.2) is 4.79 Å². The van der Waals surface area contributed by atoms with Gasteiger partial charge in [-0.2, -0.15) is 10.2 Å². The lowest BCUT2D eigenvalue weighted by Gasteiger charge is -2.29. The Kier molecular flexibility index (Phi) is 19.0. The number of carbonyl (C=O) groups excluding carboxylic acids is 5. The molecule has 0 aliphatic heterocycles. The van der Waals surface area contributed by atoms with E-state index in [1.54, 1.807) is 52.0 Å². The second-order valence-corrected chi connectivity index (χ2v) is 14.2. The van der Waals surface area contributed by atoms with E-state index in [2.05, 4.69) is 36.8 Å². The number of nitrogens with one attached hydrogen (secondary N) is 5. The summed E-state index contributed by atoms with van der Waals surface area (Å²) in [6.45, 7) is 12.2. The van der Waals surface area contributed by atoms with E-state index in [0.717, 1.165) is 0 Å². The standard InChI is InChI=1S/C39H58N8O7/c1-8-25(6)34(43-31(48)22-27-17-19-29(20-18-27)47-46-28-14-10-9-11-15-28)38(52)42-30(16-12-13-21-40)36(50)44-32(23(2)3)37(51)41-26(7)35(49)45-33(24(4)5)39(53)54/h9-11,14-15,17-20,23-26,30,32-34H,8,12-13,16,21-22,40H2,1-7H3,(H,41,51)(H,42,52)(H,43,48)(H,44,50)(H,45,49)(H,53,54)/t25-,26-,30-,32-,33-,34-/m0/s1. The van der Waals surface area contributed by atoms with Crippen LogP contribution in [0.4, 0.5) is 11.4 Å². The number of carbonyl (C=O) groups is 6. The number of amides is 5. The summed E-state index contributed by atoms with van der Waals surface area (Å²) in [6, 6.07) is 11.0. The third-order valence-corrected chi connectivity index (χ3v) is 8.96. The number of azo groups is 1. The highest BCUT2D eigenvalue weighted by Crippen LogP contribution is 2.19. The monoisotopic (exact) mass is 750 g/mol. The van der Waals surface area contributed by atoms with Crippen LogP contribution in [0.5, 0.6) is 0 Å². The highest BCUT2D eigenvalue weighted by Gasteiger charge is 2.34. The van der Waals surface area contributed by atoms with Crippen molar-refractivity contribution in [2.45, 2.75) is 111 Å². The normalized spacial score (nSPS) is 14.7. The molecule has 0 heterocycles. The molecular weight excluding hydrogens is 692 g/mol. The van der Waals surface area contributed by atoms with Gasteiger partial charge in [0, 0.05) is 0 Å².